The van der Waals surface area contributed by atoms with E-state index in [1.165, 1.54) is 23.3 Å². The SMILES string of the molecule is Fc1ccc(CC2=NC(Cc3ccccc3)C(c3ccccc3)N2)cc1. The molecule has 0 saturated carbocycles. The third-order valence-electron chi connectivity index (χ3n) is 4.76. The Hall–Kier alpha value is -2.94. The fourth-order valence-corrected chi connectivity index (χ4v) is 3.46. The van der Waals surface area contributed by atoms with Crippen LogP contribution in [0.15, 0.2) is 89.9 Å². The third kappa shape index (κ3) is 3.83. The van der Waals surface area contributed by atoms with Crippen LogP contribution in [0.5, 0.6) is 0 Å². The molecular weight excluding hydrogens is 323 g/mol. The van der Waals surface area contributed by atoms with Crippen molar-refractivity contribution >= 4 is 5.84 Å². The molecule has 3 heteroatoms. The zero-order valence-corrected chi connectivity index (χ0v) is 14.5. The number of nitrogens with zero attached hydrogens (tertiary/aromatic N) is 1. The van der Waals surface area contributed by atoms with Crippen molar-refractivity contribution in [2.24, 2.45) is 4.99 Å². The minimum atomic E-state index is -0.209. The largest absolute Gasteiger partial charge is 0.365 e. The van der Waals surface area contributed by atoms with Crippen LogP contribution in [0.25, 0.3) is 0 Å². The highest BCUT2D eigenvalue weighted by Gasteiger charge is 2.29. The molecule has 2 unspecified atom stereocenters. The standard InChI is InChI=1S/C23H21FN2/c24-20-13-11-18(12-14-20)16-22-25-21(15-17-7-3-1-4-8-17)23(26-22)19-9-5-2-6-10-19/h1-14,21,23H,15-16H2,(H,25,26). The predicted molar refractivity (Wildman–Crippen MR) is 104 cm³/mol. The maximum atomic E-state index is 13.1. The minimum absolute atomic E-state index is 0.148. The van der Waals surface area contributed by atoms with Gasteiger partial charge in [0.15, 0.2) is 0 Å². The van der Waals surface area contributed by atoms with E-state index >= 15 is 0 Å². The lowest BCUT2D eigenvalue weighted by molar-refractivity contribution is 0.544. The lowest BCUT2D eigenvalue weighted by atomic mass is 9.95. The summed E-state index contributed by atoms with van der Waals surface area (Å²) in [6.45, 7) is 0. The van der Waals surface area contributed by atoms with E-state index in [4.69, 9.17) is 4.99 Å². The number of hydrogen-bond donors (Lipinski definition) is 1. The lowest BCUT2D eigenvalue weighted by Gasteiger charge is -2.19. The summed E-state index contributed by atoms with van der Waals surface area (Å²) in [5.74, 6) is 0.755. The van der Waals surface area contributed by atoms with Crippen LogP contribution in [0.4, 0.5) is 4.39 Å². The molecule has 0 fully saturated rings. The minimum Gasteiger partial charge on any atom is -0.365 e. The molecule has 2 nitrogen and oxygen atoms in total. The summed E-state index contributed by atoms with van der Waals surface area (Å²) >= 11 is 0. The van der Waals surface area contributed by atoms with E-state index in [-0.39, 0.29) is 17.9 Å². The summed E-state index contributed by atoms with van der Waals surface area (Å²) in [5, 5.41) is 3.60. The number of rotatable bonds is 5. The van der Waals surface area contributed by atoms with Gasteiger partial charge in [-0.05, 0) is 35.2 Å². The Morgan fingerprint density at radius 1 is 0.769 bits per heavy atom. The fourth-order valence-electron chi connectivity index (χ4n) is 3.46. The molecule has 0 aromatic heterocycles. The summed E-state index contributed by atoms with van der Waals surface area (Å²) in [7, 11) is 0. The molecule has 1 aliphatic heterocycles. The third-order valence-corrected chi connectivity index (χ3v) is 4.76. The van der Waals surface area contributed by atoms with Crippen molar-refractivity contribution in [3.8, 4) is 0 Å². The summed E-state index contributed by atoms with van der Waals surface area (Å²) in [5.41, 5.74) is 3.59. The second kappa shape index (κ2) is 7.52. The van der Waals surface area contributed by atoms with E-state index in [0.717, 1.165) is 17.8 Å². The summed E-state index contributed by atoms with van der Waals surface area (Å²) in [6.07, 6.45) is 1.58. The van der Waals surface area contributed by atoms with Crippen LogP contribution < -0.4 is 5.32 Å². The van der Waals surface area contributed by atoms with Crippen LogP contribution in [0.2, 0.25) is 0 Å². The van der Waals surface area contributed by atoms with E-state index in [0.29, 0.717) is 6.42 Å². The van der Waals surface area contributed by atoms with E-state index in [9.17, 15) is 4.39 Å². The van der Waals surface area contributed by atoms with Gasteiger partial charge in [-0.25, -0.2) is 4.39 Å². The molecule has 1 heterocycles. The smallest absolute Gasteiger partial charge is 0.123 e. The molecule has 0 spiro atoms. The monoisotopic (exact) mass is 344 g/mol. The molecule has 0 saturated heterocycles. The Kier molecular flexibility index (Phi) is 4.78. The Labute approximate surface area is 153 Å². The Bertz CT molecular complexity index is 873. The molecule has 0 radical (unpaired) electrons. The molecule has 3 aromatic rings. The topological polar surface area (TPSA) is 24.4 Å². The highest BCUT2D eigenvalue weighted by molar-refractivity contribution is 5.86. The fraction of sp³-hybridized carbons (Fsp3) is 0.174. The van der Waals surface area contributed by atoms with E-state index < -0.39 is 0 Å². The first-order valence-corrected chi connectivity index (χ1v) is 8.94. The van der Waals surface area contributed by atoms with Gasteiger partial charge >= 0.3 is 0 Å². The van der Waals surface area contributed by atoms with Crippen LogP contribution in [-0.4, -0.2) is 11.9 Å². The van der Waals surface area contributed by atoms with Gasteiger partial charge in [0, 0.05) is 6.42 Å². The molecule has 0 bridgehead atoms. The maximum absolute atomic E-state index is 13.1. The molecule has 26 heavy (non-hydrogen) atoms. The van der Waals surface area contributed by atoms with Gasteiger partial charge in [0.2, 0.25) is 0 Å². The van der Waals surface area contributed by atoms with Gasteiger partial charge < -0.3 is 5.32 Å². The number of halogens is 1. The van der Waals surface area contributed by atoms with Gasteiger partial charge in [0.05, 0.1) is 12.1 Å². The van der Waals surface area contributed by atoms with E-state index in [1.54, 1.807) is 0 Å². The molecule has 4 rings (SSSR count). The van der Waals surface area contributed by atoms with Crippen LogP contribution in [-0.2, 0) is 12.8 Å². The van der Waals surface area contributed by atoms with Gasteiger partial charge in [0.1, 0.15) is 11.7 Å². The van der Waals surface area contributed by atoms with Crippen LogP contribution >= 0.6 is 0 Å². The van der Waals surface area contributed by atoms with Gasteiger partial charge in [0.25, 0.3) is 0 Å². The Morgan fingerprint density at radius 2 is 1.42 bits per heavy atom. The van der Waals surface area contributed by atoms with E-state index in [1.807, 2.05) is 24.3 Å². The van der Waals surface area contributed by atoms with Gasteiger partial charge in [-0.2, -0.15) is 0 Å². The van der Waals surface area contributed by atoms with Gasteiger partial charge in [-0.15, -0.1) is 0 Å². The zero-order chi connectivity index (χ0) is 17.8. The average molecular weight is 344 g/mol. The molecule has 2 atom stereocenters. The van der Waals surface area contributed by atoms with Crippen molar-refractivity contribution in [3.05, 3.63) is 107 Å². The predicted octanol–water partition coefficient (Wildman–Crippen LogP) is 4.72. The second-order valence-electron chi connectivity index (χ2n) is 6.67. The average Bonchev–Trinajstić information content (AvgIpc) is 3.07. The second-order valence-corrected chi connectivity index (χ2v) is 6.67. The lowest BCUT2D eigenvalue weighted by Crippen LogP contribution is -2.28. The Balaban J connectivity index is 1.57. The highest BCUT2D eigenvalue weighted by atomic mass is 19.1. The first-order chi connectivity index (χ1) is 12.8. The molecule has 0 amide bonds. The molecule has 1 N–H and O–H groups in total. The molecule has 1 aliphatic rings. The number of nitrogens with one attached hydrogen (secondary N) is 1. The van der Waals surface area contributed by atoms with Crippen molar-refractivity contribution < 1.29 is 4.39 Å². The van der Waals surface area contributed by atoms with Crippen molar-refractivity contribution in [2.75, 3.05) is 0 Å². The summed E-state index contributed by atoms with van der Waals surface area (Å²) in [6, 6.07) is 27.9. The molecular formula is C23H21FN2. The van der Waals surface area contributed by atoms with Crippen LogP contribution in [0, 0.1) is 5.82 Å². The van der Waals surface area contributed by atoms with Crippen LogP contribution in [0.3, 0.4) is 0 Å². The normalized spacial score (nSPS) is 19.0. The maximum Gasteiger partial charge on any atom is 0.123 e. The first kappa shape index (κ1) is 16.5. The van der Waals surface area contributed by atoms with E-state index in [2.05, 4.69) is 53.8 Å². The summed E-state index contributed by atoms with van der Waals surface area (Å²) in [4.78, 5) is 4.97. The number of benzene rings is 3. The van der Waals surface area contributed by atoms with Crippen LogP contribution in [0.1, 0.15) is 22.7 Å². The van der Waals surface area contributed by atoms with Crippen molar-refractivity contribution in [3.63, 3.8) is 0 Å². The van der Waals surface area contributed by atoms with Crippen molar-refractivity contribution in [2.45, 2.75) is 24.9 Å². The van der Waals surface area contributed by atoms with Gasteiger partial charge in [-0.1, -0.05) is 72.8 Å². The number of hydrogen-bond acceptors (Lipinski definition) is 2. The molecule has 0 aliphatic carbocycles. The highest BCUT2D eigenvalue weighted by Crippen LogP contribution is 2.27. The van der Waals surface area contributed by atoms with Crippen molar-refractivity contribution in [1.82, 2.24) is 5.32 Å². The van der Waals surface area contributed by atoms with Crippen molar-refractivity contribution in [1.29, 1.82) is 0 Å². The molecule has 130 valence electrons. The Morgan fingerprint density at radius 3 is 2.12 bits per heavy atom. The molecule has 3 aromatic carbocycles. The zero-order valence-electron chi connectivity index (χ0n) is 14.5. The number of amidine groups is 1. The first-order valence-electron chi connectivity index (χ1n) is 8.94. The number of aliphatic imine (C=N–C) groups is 1. The quantitative estimate of drug-likeness (QED) is 0.711. The summed E-state index contributed by atoms with van der Waals surface area (Å²) < 4.78 is 13.1. The van der Waals surface area contributed by atoms with Gasteiger partial charge in [-0.3, -0.25) is 4.99 Å².